The second-order valence-corrected chi connectivity index (χ2v) is 5.11. The summed E-state index contributed by atoms with van der Waals surface area (Å²) in [5.41, 5.74) is 7.74. The van der Waals surface area contributed by atoms with Gasteiger partial charge in [-0.1, -0.05) is 6.92 Å². The van der Waals surface area contributed by atoms with Gasteiger partial charge in [0.2, 0.25) is 0 Å². The lowest BCUT2D eigenvalue weighted by Gasteiger charge is -2.20. The third-order valence-electron chi connectivity index (χ3n) is 3.58. The Hall–Kier alpha value is -1.92. The van der Waals surface area contributed by atoms with Gasteiger partial charge in [0.25, 0.3) is 0 Å². The molecule has 1 fully saturated rings. The van der Waals surface area contributed by atoms with Crippen LogP contribution < -0.4 is 16.0 Å². The van der Waals surface area contributed by atoms with Crippen LogP contribution in [0, 0.1) is 6.92 Å². The summed E-state index contributed by atoms with van der Waals surface area (Å²) in [6.45, 7) is 6.47. The molecule has 2 rings (SSSR count). The molecule has 0 aromatic carbocycles. The first-order valence-corrected chi connectivity index (χ1v) is 6.99. The van der Waals surface area contributed by atoms with Crippen LogP contribution in [0.15, 0.2) is 0 Å². The quantitative estimate of drug-likeness (QED) is 0.863. The van der Waals surface area contributed by atoms with Gasteiger partial charge >= 0.3 is 6.09 Å². The second kappa shape index (κ2) is 6.02. The largest absolute Gasteiger partial charge is 0.453 e. The molecular weight excluding hydrogens is 258 g/mol. The molecule has 20 heavy (non-hydrogen) atoms. The van der Waals surface area contributed by atoms with Crippen molar-refractivity contribution in [1.82, 2.24) is 15.1 Å². The van der Waals surface area contributed by atoms with E-state index in [0.29, 0.717) is 0 Å². The molecule has 1 aliphatic heterocycles. The predicted octanol–water partition coefficient (Wildman–Crippen LogP) is 1.12. The minimum absolute atomic E-state index is 0.0899. The summed E-state index contributed by atoms with van der Waals surface area (Å²) < 4.78 is 6.60. The third-order valence-corrected chi connectivity index (χ3v) is 3.58. The number of anilines is 2. The number of ether oxygens (including phenoxy) is 1. The number of carbonyl (C=O) groups is 1. The van der Waals surface area contributed by atoms with Crippen molar-refractivity contribution in [3.8, 4) is 0 Å². The predicted molar refractivity (Wildman–Crippen MR) is 77.8 cm³/mol. The molecule has 0 radical (unpaired) electrons. The normalized spacial score (nSPS) is 18.4. The van der Waals surface area contributed by atoms with Gasteiger partial charge in [0.05, 0.1) is 24.5 Å². The average molecular weight is 281 g/mol. The zero-order valence-electron chi connectivity index (χ0n) is 12.3. The number of rotatable bonds is 4. The summed E-state index contributed by atoms with van der Waals surface area (Å²) in [6.07, 6.45) is 1.50. The first-order valence-electron chi connectivity index (χ1n) is 6.99. The third kappa shape index (κ3) is 2.81. The SMILES string of the molecule is CCCn1nc(C)c(N)c1N1CCC(NC(=O)OC)C1. The minimum Gasteiger partial charge on any atom is -0.453 e. The van der Waals surface area contributed by atoms with E-state index in [9.17, 15) is 4.79 Å². The number of aromatic nitrogens is 2. The van der Waals surface area contributed by atoms with Crippen molar-refractivity contribution in [2.75, 3.05) is 30.8 Å². The van der Waals surface area contributed by atoms with Crippen LogP contribution in [-0.2, 0) is 11.3 Å². The van der Waals surface area contributed by atoms with E-state index in [2.05, 4.69) is 27.0 Å². The number of alkyl carbamates (subject to hydrolysis) is 1. The highest BCUT2D eigenvalue weighted by molar-refractivity contribution is 5.69. The number of nitrogens with one attached hydrogen (secondary N) is 1. The standard InChI is InChI=1S/C13H23N5O2/c1-4-6-18-12(11(14)9(2)16-18)17-7-5-10(8-17)15-13(19)20-3/h10H,4-8,14H2,1-3H3,(H,15,19). The molecule has 1 aromatic rings. The lowest BCUT2D eigenvalue weighted by Crippen LogP contribution is -2.37. The number of nitrogens with zero attached hydrogens (tertiary/aromatic N) is 3. The minimum atomic E-state index is -0.386. The van der Waals surface area contributed by atoms with Crippen LogP contribution in [0.2, 0.25) is 0 Å². The Bertz CT molecular complexity index is 485. The van der Waals surface area contributed by atoms with Crippen LogP contribution in [0.4, 0.5) is 16.3 Å². The summed E-state index contributed by atoms with van der Waals surface area (Å²) in [6, 6.07) is 0.0899. The molecule has 0 saturated carbocycles. The van der Waals surface area contributed by atoms with Crippen molar-refractivity contribution in [1.29, 1.82) is 0 Å². The van der Waals surface area contributed by atoms with Gasteiger partial charge in [-0.25, -0.2) is 9.48 Å². The van der Waals surface area contributed by atoms with Gasteiger partial charge in [0.15, 0.2) is 5.82 Å². The van der Waals surface area contributed by atoms with E-state index in [1.165, 1.54) is 7.11 Å². The number of amides is 1. The number of nitrogen functional groups attached to an aromatic ring is 1. The lowest BCUT2D eigenvalue weighted by molar-refractivity contribution is 0.167. The van der Waals surface area contributed by atoms with Crippen LogP contribution in [-0.4, -0.2) is 42.1 Å². The zero-order chi connectivity index (χ0) is 14.7. The van der Waals surface area contributed by atoms with Gasteiger partial charge in [-0.05, 0) is 19.8 Å². The summed E-state index contributed by atoms with van der Waals surface area (Å²) in [5.74, 6) is 0.971. The maximum atomic E-state index is 11.3. The molecule has 3 N–H and O–H groups in total. The van der Waals surface area contributed by atoms with Crippen LogP contribution in [0.25, 0.3) is 0 Å². The Kier molecular flexibility index (Phi) is 4.36. The number of carbonyl (C=O) groups excluding carboxylic acids is 1. The Labute approximate surface area is 119 Å². The Morgan fingerprint density at radius 3 is 3.00 bits per heavy atom. The van der Waals surface area contributed by atoms with E-state index in [4.69, 9.17) is 5.73 Å². The monoisotopic (exact) mass is 281 g/mol. The lowest BCUT2D eigenvalue weighted by atomic mass is 10.3. The van der Waals surface area contributed by atoms with E-state index in [-0.39, 0.29) is 12.1 Å². The van der Waals surface area contributed by atoms with E-state index < -0.39 is 0 Å². The molecule has 1 atom stereocenters. The molecule has 1 unspecified atom stereocenters. The molecule has 0 bridgehead atoms. The first-order chi connectivity index (χ1) is 9.56. The number of hydrogen-bond acceptors (Lipinski definition) is 5. The Morgan fingerprint density at radius 2 is 2.35 bits per heavy atom. The van der Waals surface area contributed by atoms with Gasteiger partial charge in [0, 0.05) is 19.6 Å². The molecule has 1 aromatic heterocycles. The summed E-state index contributed by atoms with van der Waals surface area (Å²) in [4.78, 5) is 13.4. The van der Waals surface area contributed by atoms with Crippen molar-refractivity contribution in [3.63, 3.8) is 0 Å². The van der Waals surface area contributed by atoms with E-state index in [1.807, 2.05) is 11.6 Å². The Balaban J connectivity index is 2.11. The van der Waals surface area contributed by atoms with Gasteiger partial charge in [-0.15, -0.1) is 0 Å². The average Bonchev–Trinajstić information content (AvgIpc) is 2.96. The van der Waals surface area contributed by atoms with Crippen molar-refractivity contribution < 1.29 is 9.53 Å². The maximum absolute atomic E-state index is 11.3. The van der Waals surface area contributed by atoms with Crippen molar-refractivity contribution in [2.45, 2.75) is 39.3 Å². The molecule has 1 aliphatic rings. The molecule has 7 nitrogen and oxygen atoms in total. The van der Waals surface area contributed by atoms with E-state index in [1.54, 1.807) is 0 Å². The molecular formula is C13H23N5O2. The smallest absolute Gasteiger partial charge is 0.407 e. The zero-order valence-corrected chi connectivity index (χ0v) is 12.3. The molecule has 1 amide bonds. The van der Waals surface area contributed by atoms with Crippen LogP contribution in [0.3, 0.4) is 0 Å². The van der Waals surface area contributed by atoms with Crippen molar-refractivity contribution in [2.24, 2.45) is 0 Å². The fraction of sp³-hybridized carbons (Fsp3) is 0.692. The topological polar surface area (TPSA) is 85.4 Å². The van der Waals surface area contributed by atoms with Gasteiger partial charge in [0.1, 0.15) is 0 Å². The van der Waals surface area contributed by atoms with E-state index >= 15 is 0 Å². The first kappa shape index (κ1) is 14.5. The van der Waals surface area contributed by atoms with Gasteiger partial charge < -0.3 is 20.7 Å². The number of aryl methyl sites for hydroxylation is 2. The number of methoxy groups -OCH3 is 1. The van der Waals surface area contributed by atoms with Crippen LogP contribution in [0.5, 0.6) is 0 Å². The second-order valence-electron chi connectivity index (χ2n) is 5.11. The summed E-state index contributed by atoms with van der Waals surface area (Å²) >= 11 is 0. The van der Waals surface area contributed by atoms with Gasteiger partial charge in [-0.2, -0.15) is 5.10 Å². The molecule has 7 heteroatoms. The molecule has 2 heterocycles. The summed E-state index contributed by atoms with van der Waals surface area (Å²) in [5, 5.41) is 7.32. The molecule has 1 saturated heterocycles. The maximum Gasteiger partial charge on any atom is 0.407 e. The van der Waals surface area contributed by atoms with Gasteiger partial charge in [-0.3, -0.25) is 0 Å². The fourth-order valence-electron chi connectivity index (χ4n) is 2.58. The van der Waals surface area contributed by atoms with Crippen molar-refractivity contribution in [3.05, 3.63) is 5.69 Å². The highest BCUT2D eigenvalue weighted by atomic mass is 16.5. The fourth-order valence-corrected chi connectivity index (χ4v) is 2.58. The molecule has 0 spiro atoms. The molecule has 112 valence electrons. The summed E-state index contributed by atoms with van der Waals surface area (Å²) in [7, 11) is 1.37. The highest BCUT2D eigenvalue weighted by Crippen LogP contribution is 2.29. The van der Waals surface area contributed by atoms with Crippen LogP contribution in [0.1, 0.15) is 25.5 Å². The molecule has 0 aliphatic carbocycles. The van der Waals surface area contributed by atoms with Crippen LogP contribution >= 0.6 is 0 Å². The van der Waals surface area contributed by atoms with E-state index in [0.717, 1.165) is 49.7 Å². The Morgan fingerprint density at radius 1 is 1.60 bits per heavy atom. The number of nitrogens with two attached hydrogens (primary N) is 1. The van der Waals surface area contributed by atoms with Crippen molar-refractivity contribution >= 4 is 17.6 Å². The number of hydrogen-bond donors (Lipinski definition) is 2. The highest BCUT2D eigenvalue weighted by Gasteiger charge is 2.28.